The lowest BCUT2D eigenvalue weighted by Gasteiger charge is -2.19. The zero-order valence-corrected chi connectivity index (χ0v) is 10.2. The number of carbonyl (C=O) groups is 1. The molecule has 0 heterocycles. The van der Waals surface area contributed by atoms with Gasteiger partial charge in [0.25, 0.3) is 0 Å². The number of hydrogen-bond acceptors (Lipinski definition) is 4. The van der Waals surface area contributed by atoms with Gasteiger partial charge >= 0.3 is 6.09 Å². The second-order valence-electron chi connectivity index (χ2n) is 4.64. The van der Waals surface area contributed by atoms with Crippen molar-refractivity contribution in [2.24, 2.45) is 0 Å². The summed E-state index contributed by atoms with van der Waals surface area (Å²) >= 11 is 0. The average Bonchev–Trinajstić information content (AvgIpc) is 2.18. The average molecular weight is 239 g/mol. The lowest BCUT2D eigenvalue weighted by atomic mass is 10.2. The lowest BCUT2D eigenvalue weighted by Crippen LogP contribution is -2.32. The largest absolute Gasteiger partial charge is 0.504 e. The SMILES string of the molecule is CC(C)(C)OC(=O)NCc1cccc(O)c1O. The first-order valence-electron chi connectivity index (χ1n) is 5.26. The fourth-order valence-electron chi connectivity index (χ4n) is 1.20. The highest BCUT2D eigenvalue weighted by molar-refractivity contribution is 5.67. The van der Waals surface area contributed by atoms with Gasteiger partial charge in [0.15, 0.2) is 11.5 Å². The molecule has 1 aromatic rings. The molecular formula is C12H17NO4. The maximum Gasteiger partial charge on any atom is 0.407 e. The maximum absolute atomic E-state index is 11.4. The van der Waals surface area contributed by atoms with Crippen LogP contribution < -0.4 is 5.32 Å². The van der Waals surface area contributed by atoms with Crippen LogP contribution in [0, 0.1) is 0 Å². The first-order chi connectivity index (χ1) is 7.79. The summed E-state index contributed by atoms with van der Waals surface area (Å²) in [5, 5.41) is 21.2. The van der Waals surface area contributed by atoms with Crippen LogP contribution in [0.1, 0.15) is 26.3 Å². The topological polar surface area (TPSA) is 78.8 Å². The van der Waals surface area contributed by atoms with Crippen LogP contribution in [0.2, 0.25) is 0 Å². The summed E-state index contributed by atoms with van der Waals surface area (Å²) in [7, 11) is 0. The molecule has 5 nitrogen and oxygen atoms in total. The normalized spacial score (nSPS) is 11.0. The van der Waals surface area contributed by atoms with Crippen molar-refractivity contribution in [3.05, 3.63) is 23.8 Å². The molecule has 5 heteroatoms. The molecule has 0 radical (unpaired) electrons. The van der Waals surface area contributed by atoms with Crippen molar-refractivity contribution in [3.63, 3.8) is 0 Å². The van der Waals surface area contributed by atoms with Crippen LogP contribution >= 0.6 is 0 Å². The zero-order valence-electron chi connectivity index (χ0n) is 10.2. The Labute approximate surface area is 100 Å². The molecule has 1 amide bonds. The van der Waals surface area contributed by atoms with Gasteiger partial charge in [0.1, 0.15) is 5.60 Å². The van der Waals surface area contributed by atoms with Gasteiger partial charge in [0.2, 0.25) is 0 Å². The summed E-state index contributed by atoms with van der Waals surface area (Å²) in [6.07, 6.45) is -0.569. The van der Waals surface area contributed by atoms with Crippen LogP contribution in [0.4, 0.5) is 4.79 Å². The van der Waals surface area contributed by atoms with Gasteiger partial charge in [-0.25, -0.2) is 4.79 Å². The first-order valence-corrected chi connectivity index (χ1v) is 5.26. The Morgan fingerprint density at radius 3 is 2.59 bits per heavy atom. The van der Waals surface area contributed by atoms with Crippen LogP contribution in [0.5, 0.6) is 11.5 Å². The highest BCUT2D eigenvalue weighted by Gasteiger charge is 2.16. The maximum atomic E-state index is 11.4. The van der Waals surface area contributed by atoms with E-state index in [-0.39, 0.29) is 18.0 Å². The van der Waals surface area contributed by atoms with Crippen LogP contribution in [-0.4, -0.2) is 21.9 Å². The van der Waals surface area contributed by atoms with E-state index in [1.54, 1.807) is 32.9 Å². The number of nitrogens with one attached hydrogen (secondary N) is 1. The monoisotopic (exact) mass is 239 g/mol. The van der Waals surface area contributed by atoms with E-state index >= 15 is 0 Å². The van der Waals surface area contributed by atoms with E-state index in [0.29, 0.717) is 5.56 Å². The minimum absolute atomic E-state index is 0.0924. The Hall–Kier alpha value is -1.91. The summed E-state index contributed by atoms with van der Waals surface area (Å²) < 4.78 is 5.04. The molecule has 1 aromatic carbocycles. The van der Waals surface area contributed by atoms with Gasteiger partial charge in [-0.1, -0.05) is 12.1 Å². The standard InChI is InChI=1S/C12H17NO4/c1-12(2,3)17-11(16)13-7-8-5-4-6-9(14)10(8)15/h4-6,14-15H,7H2,1-3H3,(H,13,16). The molecule has 3 N–H and O–H groups in total. The number of hydrogen-bond donors (Lipinski definition) is 3. The Morgan fingerprint density at radius 1 is 1.35 bits per heavy atom. The van der Waals surface area contributed by atoms with E-state index in [1.165, 1.54) is 6.07 Å². The van der Waals surface area contributed by atoms with Gasteiger partial charge in [0, 0.05) is 12.1 Å². The highest BCUT2D eigenvalue weighted by atomic mass is 16.6. The van der Waals surface area contributed by atoms with Crippen molar-refractivity contribution >= 4 is 6.09 Å². The zero-order chi connectivity index (χ0) is 13.1. The Kier molecular flexibility index (Phi) is 3.83. The number of carbonyl (C=O) groups excluding carboxylic acids is 1. The van der Waals surface area contributed by atoms with Crippen LogP contribution in [0.15, 0.2) is 18.2 Å². The molecule has 0 unspecified atom stereocenters. The third-order valence-electron chi connectivity index (χ3n) is 1.92. The smallest absolute Gasteiger partial charge is 0.407 e. The predicted molar refractivity (Wildman–Crippen MR) is 62.8 cm³/mol. The van der Waals surface area contributed by atoms with Crippen molar-refractivity contribution in [1.29, 1.82) is 0 Å². The second kappa shape index (κ2) is 4.95. The molecular weight excluding hydrogens is 222 g/mol. The molecule has 0 saturated carbocycles. The van der Waals surface area contributed by atoms with E-state index in [2.05, 4.69) is 5.32 Å². The minimum atomic E-state index is -0.569. The number of para-hydroxylation sites is 1. The molecule has 0 bridgehead atoms. The summed E-state index contributed by atoms with van der Waals surface area (Å²) in [4.78, 5) is 11.4. The van der Waals surface area contributed by atoms with Crippen LogP contribution in [0.3, 0.4) is 0 Å². The van der Waals surface area contributed by atoms with Crippen molar-refractivity contribution in [2.75, 3.05) is 0 Å². The molecule has 0 aliphatic carbocycles. The predicted octanol–water partition coefficient (Wildman–Crippen LogP) is 2.12. The number of phenolic OH excluding ortho intramolecular Hbond substituents is 2. The third-order valence-corrected chi connectivity index (χ3v) is 1.92. The molecule has 0 fully saturated rings. The van der Waals surface area contributed by atoms with Crippen molar-refractivity contribution in [3.8, 4) is 11.5 Å². The summed E-state index contributed by atoms with van der Waals surface area (Å²) in [5.74, 6) is -0.447. The van der Waals surface area contributed by atoms with E-state index in [0.717, 1.165) is 0 Å². The van der Waals surface area contributed by atoms with Gasteiger partial charge in [-0.05, 0) is 26.8 Å². The molecule has 17 heavy (non-hydrogen) atoms. The van der Waals surface area contributed by atoms with Crippen LogP contribution in [0.25, 0.3) is 0 Å². The minimum Gasteiger partial charge on any atom is -0.504 e. The summed E-state index contributed by atoms with van der Waals surface area (Å²) in [6, 6.07) is 4.56. The third kappa shape index (κ3) is 4.22. The lowest BCUT2D eigenvalue weighted by molar-refractivity contribution is 0.0523. The number of rotatable bonds is 2. The van der Waals surface area contributed by atoms with Gasteiger partial charge in [-0.15, -0.1) is 0 Å². The van der Waals surface area contributed by atoms with Crippen LogP contribution in [-0.2, 0) is 11.3 Å². The molecule has 1 rings (SSSR count). The molecule has 94 valence electrons. The van der Waals surface area contributed by atoms with E-state index in [1.807, 2.05) is 0 Å². The number of phenols is 2. The summed E-state index contributed by atoms with van der Waals surface area (Å²) in [6.45, 7) is 5.38. The Morgan fingerprint density at radius 2 is 2.00 bits per heavy atom. The Balaban J connectivity index is 2.56. The van der Waals surface area contributed by atoms with Gasteiger partial charge < -0.3 is 20.3 Å². The molecule has 0 aliphatic rings. The first kappa shape index (κ1) is 13.2. The number of benzene rings is 1. The van der Waals surface area contributed by atoms with E-state index < -0.39 is 11.7 Å². The van der Waals surface area contributed by atoms with Crippen molar-refractivity contribution in [1.82, 2.24) is 5.32 Å². The molecule has 0 spiro atoms. The molecule has 0 aromatic heterocycles. The van der Waals surface area contributed by atoms with Gasteiger partial charge in [0.05, 0.1) is 0 Å². The molecule has 0 atom stereocenters. The number of alkyl carbamates (subject to hydrolysis) is 1. The molecule has 0 saturated heterocycles. The number of amides is 1. The fraction of sp³-hybridized carbons (Fsp3) is 0.417. The number of aromatic hydroxyl groups is 2. The summed E-state index contributed by atoms with van der Waals surface area (Å²) in [5.41, 5.74) is -0.138. The quantitative estimate of drug-likeness (QED) is 0.691. The fourth-order valence-corrected chi connectivity index (χ4v) is 1.20. The van der Waals surface area contributed by atoms with E-state index in [4.69, 9.17) is 4.74 Å². The van der Waals surface area contributed by atoms with Crippen molar-refractivity contribution in [2.45, 2.75) is 32.9 Å². The van der Waals surface area contributed by atoms with Gasteiger partial charge in [-0.3, -0.25) is 0 Å². The number of ether oxygens (including phenoxy) is 1. The van der Waals surface area contributed by atoms with Crippen molar-refractivity contribution < 1.29 is 19.7 Å². The highest BCUT2D eigenvalue weighted by Crippen LogP contribution is 2.27. The molecule has 0 aliphatic heterocycles. The van der Waals surface area contributed by atoms with Gasteiger partial charge in [-0.2, -0.15) is 0 Å². The van der Waals surface area contributed by atoms with E-state index in [9.17, 15) is 15.0 Å². The second-order valence-corrected chi connectivity index (χ2v) is 4.64. The Bertz CT molecular complexity index is 409.